The molecule has 0 fully saturated rings. The predicted octanol–water partition coefficient (Wildman–Crippen LogP) is 3.11. The Morgan fingerprint density at radius 1 is 1.06 bits per heavy atom. The molecule has 3 heteroatoms. The fourth-order valence-electron chi connectivity index (χ4n) is 1.77. The Morgan fingerprint density at radius 3 is 2.33 bits per heavy atom. The van der Waals surface area contributed by atoms with Crippen LogP contribution in [0.1, 0.15) is 26.3 Å². The minimum Gasteiger partial charge on any atom is -0.315 e. The van der Waals surface area contributed by atoms with E-state index in [1.54, 1.807) is 0 Å². The highest BCUT2D eigenvalue weighted by Crippen LogP contribution is 2.09. The van der Waals surface area contributed by atoms with Crippen LogP contribution in [0.15, 0.2) is 24.3 Å². The van der Waals surface area contributed by atoms with Crippen molar-refractivity contribution >= 4 is 11.6 Å². The summed E-state index contributed by atoms with van der Waals surface area (Å²) in [4.78, 5) is 0. The lowest BCUT2D eigenvalue weighted by Crippen LogP contribution is -2.38. The van der Waals surface area contributed by atoms with Crippen LogP contribution in [0.3, 0.4) is 0 Å². The van der Waals surface area contributed by atoms with Crippen LogP contribution in [0.4, 0.5) is 0 Å². The molecule has 0 amide bonds. The van der Waals surface area contributed by atoms with Crippen molar-refractivity contribution < 1.29 is 0 Å². The van der Waals surface area contributed by atoms with Gasteiger partial charge in [-0.05, 0) is 50.0 Å². The second kappa shape index (κ2) is 8.52. The molecule has 1 aromatic rings. The molecule has 0 bridgehead atoms. The van der Waals surface area contributed by atoms with Crippen LogP contribution in [0.5, 0.6) is 0 Å². The van der Waals surface area contributed by atoms with Crippen LogP contribution in [-0.2, 0) is 6.42 Å². The van der Waals surface area contributed by atoms with Crippen molar-refractivity contribution in [3.8, 4) is 0 Å². The normalized spacial score (nSPS) is 12.9. The van der Waals surface area contributed by atoms with Crippen LogP contribution >= 0.6 is 11.6 Å². The minimum absolute atomic E-state index is 0.510. The first kappa shape index (κ1) is 15.5. The molecule has 0 aromatic heterocycles. The Hall–Kier alpha value is -0.570. The molecule has 1 unspecified atom stereocenters. The molecule has 0 saturated heterocycles. The fraction of sp³-hybridized carbons (Fsp3) is 0.600. The van der Waals surface area contributed by atoms with Gasteiger partial charge < -0.3 is 10.6 Å². The van der Waals surface area contributed by atoms with Gasteiger partial charge in [0.2, 0.25) is 0 Å². The van der Waals surface area contributed by atoms with Crippen molar-refractivity contribution in [3.05, 3.63) is 34.9 Å². The van der Waals surface area contributed by atoms with Crippen LogP contribution in [0, 0.1) is 5.92 Å². The summed E-state index contributed by atoms with van der Waals surface area (Å²) in [7, 11) is 0. The van der Waals surface area contributed by atoms with E-state index < -0.39 is 0 Å². The van der Waals surface area contributed by atoms with Crippen LogP contribution in [-0.4, -0.2) is 25.7 Å². The summed E-state index contributed by atoms with van der Waals surface area (Å²) in [6.07, 6.45) is 1.05. The average Bonchev–Trinajstić information content (AvgIpc) is 2.31. The molecule has 0 aliphatic heterocycles. The molecular formula is C15H25ClN2. The summed E-state index contributed by atoms with van der Waals surface area (Å²) < 4.78 is 0. The van der Waals surface area contributed by atoms with E-state index in [9.17, 15) is 0 Å². The van der Waals surface area contributed by atoms with E-state index >= 15 is 0 Å². The highest BCUT2D eigenvalue weighted by molar-refractivity contribution is 6.30. The lowest BCUT2D eigenvalue weighted by atomic mass is 10.1. The molecule has 2 nitrogen and oxygen atoms in total. The lowest BCUT2D eigenvalue weighted by Gasteiger charge is -2.15. The fourth-order valence-corrected chi connectivity index (χ4v) is 1.90. The summed E-state index contributed by atoms with van der Waals surface area (Å²) in [6, 6.07) is 8.59. The van der Waals surface area contributed by atoms with Gasteiger partial charge in [0, 0.05) is 17.6 Å². The molecule has 2 N–H and O–H groups in total. The monoisotopic (exact) mass is 268 g/mol. The zero-order valence-electron chi connectivity index (χ0n) is 11.7. The SMILES string of the molecule is CC(C)CNCC(C)NCCc1ccc(Cl)cc1. The Bertz CT molecular complexity index is 322. The van der Waals surface area contributed by atoms with E-state index in [4.69, 9.17) is 11.6 Å². The van der Waals surface area contributed by atoms with Gasteiger partial charge in [-0.15, -0.1) is 0 Å². The van der Waals surface area contributed by atoms with E-state index in [1.165, 1.54) is 5.56 Å². The number of rotatable bonds is 8. The summed E-state index contributed by atoms with van der Waals surface area (Å²) in [6.45, 7) is 9.79. The van der Waals surface area contributed by atoms with Crippen LogP contribution in [0.25, 0.3) is 0 Å². The van der Waals surface area contributed by atoms with E-state index in [0.717, 1.165) is 31.1 Å². The first-order valence-corrected chi connectivity index (χ1v) is 7.14. The Morgan fingerprint density at radius 2 is 1.72 bits per heavy atom. The zero-order valence-corrected chi connectivity index (χ0v) is 12.4. The van der Waals surface area contributed by atoms with Crippen LogP contribution < -0.4 is 10.6 Å². The van der Waals surface area contributed by atoms with Crippen molar-refractivity contribution in [2.24, 2.45) is 5.92 Å². The first-order chi connectivity index (χ1) is 8.58. The second-order valence-electron chi connectivity index (χ2n) is 5.28. The minimum atomic E-state index is 0.510. The van der Waals surface area contributed by atoms with Gasteiger partial charge in [0.15, 0.2) is 0 Å². The number of hydrogen-bond donors (Lipinski definition) is 2. The maximum Gasteiger partial charge on any atom is 0.0406 e. The molecule has 1 aromatic carbocycles. The topological polar surface area (TPSA) is 24.1 Å². The lowest BCUT2D eigenvalue weighted by molar-refractivity contribution is 0.474. The van der Waals surface area contributed by atoms with Gasteiger partial charge in [0.05, 0.1) is 0 Å². The van der Waals surface area contributed by atoms with Crippen molar-refractivity contribution in [2.45, 2.75) is 33.2 Å². The van der Waals surface area contributed by atoms with Gasteiger partial charge in [0.25, 0.3) is 0 Å². The molecule has 18 heavy (non-hydrogen) atoms. The van der Waals surface area contributed by atoms with Gasteiger partial charge >= 0.3 is 0 Å². The van der Waals surface area contributed by atoms with E-state index in [0.29, 0.717) is 12.0 Å². The largest absolute Gasteiger partial charge is 0.315 e. The van der Waals surface area contributed by atoms with Crippen molar-refractivity contribution in [2.75, 3.05) is 19.6 Å². The molecule has 0 aliphatic rings. The summed E-state index contributed by atoms with van der Waals surface area (Å²) in [5.41, 5.74) is 1.33. The Labute approximate surface area is 116 Å². The number of benzene rings is 1. The van der Waals surface area contributed by atoms with Gasteiger partial charge in [-0.1, -0.05) is 37.6 Å². The molecule has 1 rings (SSSR count). The molecule has 102 valence electrons. The third-order valence-electron chi connectivity index (χ3n) is 2.82. The number of nitrogens with one attached hydrogen (secondary N) is 2. The maximum absolute atomic E-state index is 5.85. The predicted molar refractivity (Wildman–Crippen MR) is 80.3 cm³/mol. The van der Waals surface area contributed by atoms with Gasteiger partial charge in [0.1, 0.15) is 0 Å². The van der Waals surface area contributed by atoms with E-state index in [2.05, 4.69) is 43.5 Å². The van der Waals surface area contributed by atoms with Crippen molar-refractivity contribution in [3.63, 3.8) is 0 Å². The molecule has 0 radical (unpaired) electrons. The van der Waals surface area contributed by atoms with E-state index in [-0.39, 0.29) is 0 Å². The van der Waals surface area contributed by atoms with Gasteiger partial charge in [-0.25, -0.2) is 0 Å². The third-order valence-corrected chi connectivity index (χ3v) is 3.07. The molecule has 1 atom stereocenters. The highest BCUT2D eigenvalue weighted by Gasteiger charge is 2.01. The smallest absolute Gasteiger partial charge is 0.0406 e. The zero-order chi connectivity index (χ0) is 13.4. The molecule has 0 aliphatic carbocycles. The third kappa shape index (κ3) is 7.00. The summed E-state index contributed by atoms with van der Waals surface area (Å²) in [5.74, 6) is 0.714. The standard InChI is InChI=1S/C15H25ClN2/c1-12(2)10-17-11-13(3)18-9-8-14-4-6-15(16)7-5-14/h4-7,12-13,17-18H,8-11H2,1-3H3. The Kier molecular flexibility index (Phi) is 7.33. The number of hydrogen-bond acceptors (Lipinski definition) is 2. The Balaban J connectivity index is 2.11. The molecule has 0 saturated carbocycles. The molecule has 0 heterocycles. The van der Waals surface area contributed by atoms with Crippen LogP contribution in [0.2, 0.25) is 5.02 Å². The first-order valence-electron chi connectivity index (χ1n) is 6.76. The van der Waals surface area contributed by atoms with Gasteiger partial charge in [-0.2, -0.15) is 0 Å². The highest BCUT2D eigenvalue weighted by atomic mass is 35.5. The van der Waals surface area contributed by atoms with Crippen molar-refractivity contribution in [1.29, 1.82) is 0 Å². The summed E-state index contributed by atoms with van der Waals surface area (Å²) >= 11 is 5.85. The molecular weight excluding hydrogens is 244 g/mol. The maximum atomic E-state index is 5.85. The van der Waals surface area contributed by atoms with Crippen molar-refractivity contribution in [1.82, 2.24) is 10.6 Å². The molecule has 0 spiro atoms. The summed E-state index contributed by atoms with van der Waals surface area (Å²) in [5, 5.41) is 7.79. The number of halogens is 1. The quantitative estimate of drug-likeness (QED) is 0.757. The van der Waals surface area contributed by atoms with E-state index in [1.807, 2.05) is 12.1 Å². The average molecular weight is 269 g/mol. The second-order valence-corrected chi connectivity index (χ2v) is 5.72. The van der Waals surface area contributed by atoms with Gasteiger partial charge in [-0.3, -0.25) is 0 Å².